The summed E-state index contributed by atoms with van der Waals surface area (Å²) in [6.45, 7) is 2.01. The molecule has 1 heterocycles. The summed E-state index contributed by atoms with van der Waals surface area (Å²) in [5.74, 6) is 0.849. The van der Waals surface area contributed by atoms with Gasteiger partial charge in [-0.15, -0.1) is 0 Å². The van der Waals surface area contributed by atoms with E-state index in [1.807, 2.05) is 17.8 Å². The highest BCUT2D eigenvalue weighted by atomic mass is 15.3. The topological polar surface area (TPSA) is 43.8 Å². The van der Waals surface area contributed by atoms with Crippen LogP contribution in [0.15, 0.2) is 6.20 Å². The van der Waals surface area contributed by atoms with E-state index in [1.165, 1.54) is 25.7 Å². The Labute approximate surface area is 72.6 Å². The monoisotopic (exact) mass is 165 g/mol. The Morgan fingerprint density at radius 1 is 1.50 bits per heavy atom. The lowest BCUT2D eigenvalue weighted by atomic mass is 10.2. The summed E-state index contributed by atoms with van der Waals surface area (Å²) >= 11 is 0. The van der Waals surface area contributed by atoms with E-state index >= 15 is 0 Å². The van der Waals surface area contributed by atoms with Gasteiger partial charge in [0.2, 0.25) is 0 Å². The van der Waals surface area contributed by atoms with Crippen LogP contribution in [0.1, 0.15) is 37.3 Å². The summed E-state index contributed by atoms with van der Waals surface area (Å²) in [6, 6.07) is 0.568. The fourth-order valence-electron chi connectivity index (χ4n) is 1.90. The molecular formula is C9H15N3. The smallest absolute Gasteiger partial charge is 0.124 e. The van der Waals surface area contributed by atoms with Gasteiger partial charge in [-0.3, -0.25) is 0 Å². The average Bonchev–Trinajstić information content (AvgIpc) is 2.64. The molecule has 0 unspecified atom stereocenters. The van der Waals surface area contributed by atoms with Crippen molar-refractivity contribution in [3.63, 3.8) is 0 Å². The molecule has 0 spiro atoms. The standard InChI is InChI=1S/C9H15N3/c1-7-6-11-12(9(7)10)8-4-2-3-5-8/h6,8H,2-5,10H2,1H3. The Hall–Kier alpha value is -0.990. The minimum Gasteiger partial charge on any atom is -0.384 e. The number of nitrogen functional groups attached to an aromatic ring is 1. The Morgan fingerprint density at radius 3 is 2.67 bits per heavy atom. The second-order valence-corrected chi connectivity index (χ2v) is 3.60. The van der Waals surface area contributed by atoms with Crippen LogP contribution in [0.5, 0.6) is 0 Å². The highest BCUT2D eigenvalue weighted by Crippen LogP contribution is 2.31. The summed E-state index contributed by atoms with van der Waals surface area (Å²) < 4.78 is 1.99. The minimum absolute atomic E-state index is 0.568. The maximum atomic E-state index is 5.88. The molecule has 1 aromatic heterocycles. The highest BCUT2D eigenvalue weighted by Gasteiger charge is 2.19. The Kier molecular flexibility index (Phi) is 1.79. The molecule has 0 radical (unpaired) electrons. The van der Waals surface area contributed by atoms with Crippen LogP contribution in [0.2, 0.25) is 0 Å². The van der Waals surface area contributed by atoms with E-state index in [0.717, 1.165) is 11.4 Å². The maximum Gasteiger partial charge on any atom is 0.124 e. The molecule has 1 saturated carbocycles. The largest absolute Gasteiger partial charge is 0.384 e. The lowest BCUT2D eigenvalue weighted by Crippen LogP contribution is -2.09. The first-order chi connectivity index (χ1) is 5.79. The molecule has 3 nitrogen and oxygen atoms in total. The summed E-state index contributed by atoms with van der Waals surface area (Å²) in [6.07, 6.45) is 6.98. The first-order valence-corrected chi connectivity index (χ1v) is 4.58. The van der Waals surface area contributed by atoms with Crippen molar-refractivity contribution in [3.05, 3.63) is 11.8 Å². The second-order valence-electron chi connectivity index (χ2n) is 3.60. The quantitative estimate of drug-likeness (QED) is 0.690. The van der Waals surface area contributed by atoms with E-state index in [4.69, 9.17) is 5.73 Å². The molecule has 0 atom stereocenters. The fraction of sp³-hybridized carbons (Fsp3) is 0.667. The SMILES string of the molecule is Cc1cnn(C2CCCC2)c1N. The number of aromatic nitrogens is 2. The van der Waals surface area contributed by atoms with Gasteiger partial charge in [0.05, 0.1) is 12.2 Å². The van der Waals surface area contributed by atoms with Gasteiger partial charge in [0.25, 0.3) is 0 Å². The fourth-order valence-corrected chi connectivity index (χ4v) is 1.90. The van der Waals surface area contributed by atoms with Crippen molar-refractivity contribution in [3.8, 4) is 0 Å². The Bertz CT molecular complexity index is 271. The molecule has 2 N–H and O–H groups in total. The summed E-state index contributed by atoms with van der Waals surface area (Å²) in [7, 11) is 0. The average molecular weight is 165 g/mol. The molecule has 1 fully saturated rings. The molecule has 0 amide bonds. The van der Waals surface area contributed by atoms with Crippen LogP contribution in [0.4, 0.5) is 5.82 Å². The number of hydrogen-bond donors (Lipinski definition) is 1. The number of nitrogens with two attached hydrogens (primary N) is 1. The molecule has 0 aromatic carbocycles. The Balaban J connectivity index is 2.26. The van der Waals surface area contributed by atoms with Crippen molar-refractivity contribution >= 4 is 5.82 Å². The molecule has 1 aromatic rings. The van der Waals surface area contributed by atoms with Gasteiger partial charge in [0, 0.05) is 5.56 Å². The van der Waals surface area contributed by atoms with Gasteiger partial charge in [-0.2, -0.15) is 5.10 Å². The number of anilines is 1. The van der Waals surface area contributed by atoms with Crippen LogP contribution in [0.3, 0.4) is 0 Å². The zero-order chi connectivity index (χ0) is 8.55. The molecule has 2 rings (SSSR count). The van der Waals surface area contributed by atoms with Crippen LogP contribution in [0, 0.1) is 6.92 Å². The molecule has 1 aliphatic rings. The first-order valence-electron chi connectivity index (χ1n) is 4.58. The van der Waals surface area contributed by atoms with E-state index in [0.29, 0.717) is 6.04 Å². The van der Waals surface area contributed by atoms with E-state index in [2.05, 4.69) is 5.10 Å². The second kappa shape index (κ2) is 2.81. The van der Waals surface area contributed by atoms with Crippen LogP contribution in [-0.2, 0) is 0 Å². The van der Waals surface area contributed by atoms with Crippen molar-refractivity contribution in [2.75, 3.05) is 5.73 Å². The van der Waals surface area contributed by atoms with Gasteiger partial charge in [-0.05, 0) is 19.8 Å². The van der Waals surface area contributed by atoms with Crippen molar-refractivity contribution in [1.29, 1.82) is 0 Å². The minimum atomic E-state index is 0.568. The van der Waals surface area contributed by atoms with Gasteiger partial charge in [0.1, 0.15) is 5.82 Å². The molecule has 12 heavy (non-hydrogen) atoms. The lowest BCUT2D eigenvalue weighted by Gasteiger charge is -2.11. The van der Waals surface area contributed by atoms with E-state index in [-0.39, 0.29) is 0 Å². The van der Waals surface area contributed by atoms with Gasteiger partial charge >= 0.3 is 0 Å². The summed E-state index contributed by atoms with van der Waals surface area (Å²) in [4.78, 5) is 0. The van der Waals surface area contributed by atoms with Crippen molar-refractivity contribution < 1.29 is 0 Å². The zero-order valence-corrected chi connectivity index (χ0v) is 7.45. The molecular weight excluding hydrogens is 150 g/mol. The summed E-state index contributed by atoms with van der Waals surface area (Å²) in [5.41, 5.74) is 6.98. The van der Waals surface area contributed by atoms with Crippen LogP contribution in [0.25, 0.3) is 0 Å². The predicted octanol–water partition coefficient (Wildman–Crippen LogP) is 1.89. The molecule has 0 saturated heterocycles. The third kappa shape index (κ3) is 1.09. The lowest BCUT2D eigenvalue weighted by molar-refractivity contribution is 0.473. The van der Waals surface area contributed by atoms with Crippen molar-refractivity contribution in [2.45, 2.75) is 38.6 Å². The van der Waals surface area contributed by atoms with Crippen LogP contribution < -0.4 is 5.73 Å². The van der Waals surface area contributed by atoms with Crippen molar-refractivity contribution in [2.24, 2.45) is 0 Å². The van der Waals surface area contributed by atoms with Gasteiger partial charge in [-0.25, -0.2) is 4.68 Å². The predicted molar refractivity (Wildman–Crippen MR) is 48.9 cm³/mol. The third-order valence-electron chi connectivity index (χ3n) is 2.70. The number of aryl methyl sites for hydroxylation is 1. The van der Waals surface area contributed by atoms with E-state index in [1.54, 1.807) is 0 Å². The maximum absolute atomic E-state index is 5.88. The van der Waals surface area contributed by atoms with Crippen LogP contribution >= 0.6 is 0 Å². The number of hydrogen-bond acceptors (Lipinski definition) is 2. The van der Waals surface area contributed by atoms with Gasteiger partial charge < -0.3 is 5.73 Å². The third-order valence-corrected chi connectivity index (χ3v) is 2.70. The number of rotatable bonds is 1. The molecule has 0 aliphatic heterocycles. The molecule has 66 valence electrons. The van der Waals surface area contributed by atoms with E-state index in [9.17, 15) is 0 Å². The zero-order valence-electron chi connectivity index (χ0n) is 7.45. The normalized spacial score (nSPS) is 18.8. The van der Waals surface area contributed by atoms with Gasteiger partial charge in [-0.1, -0.05) is 12.8 Å². The molecule has 3 heteroatoms. The molecule has 0 bridgehead atoms. The Morgan fingerprint density at radius 2 is 2.17 bits per heavy atom. The van der Waals surface area contributed by atoms with Crippen molar-refractivity contribution in [1.82, 2.24) is 9.78 Å². The van der Waals surface area contributed by atoms with Crippen LogP contribution in [-0.4, -0.2) is 9.78 Å². The highest BCUT2D eigenvalue weighted by molar-refractivity contribution is 5.37. The number of nitrogens with zero attached hydrogens (tertiary/aromatic N) is 2. The van der Waals surface area contributed by atoms with E-state index < -0.39 is 0 Å². The van der Waals surface area contributed by atoms with Gasteiger partial charge in [0.15, 0.2) is 0 Å². The molecule has 1 aliphatic carbocycles. The first kappa shape index (κ1) is 7.65. The summed E-state index contributed by atoms with van der Waals surface area (Å²) in [5, 5.41) is 4.29.